The van der Waals surface area contributed by atoms with E-state index in [0.717, 1.165) is 12.1 Å². The summed E-state index contributed by atoms with van der Waals surface area (Å²) >= 11 is 0. The van der Waals surface area contributed by atoms with Gasteiger partial charge >= 0.3 is 0 Å². The first-order valence-electron chi connectivity index (χ1n) is 9.13. The van der Waals surface area contributed by atoms with Crippen molar-refractivity contribution < 1.29 is 27.1 Å². The summed E-state index contributed by atoms with van der Waals surface area (Å²) in [6.07, 6.45) is 1.08. The molecule has 1 atom stereocenters. The minimum absolute atomic E-state index is 0.0117. The second-order valence-electron chi connectivity index (χ2n) is 6.72. The van der Waals surface area contributed by atoms with Crippen LogP contribution in [0.4, 0.5) is 10.1 Å². The summed E-state index contributed by atoms with van der Waals surface area (Å²) in [5.74, 6) is -0.800. The van der Waals surface area contributed by atoms with E-state index in [-0.39, 0.29) is 29.6 Å². The number of rotatable bonds is 6. The van der Waals surface area contributed by atoms with E-state index >= 15 is 0 Å². The smallest absolute Gasteiger partial charge is 0.246 e. The molecular weight excluding hydrogens is 399 g/mol. The highest BCUT2D eigenvalue weighted by Gasteiger charge is 2.35. The van der Waals surface area contributed by atoms with Gasteiger partial charge in [0.25, 0.3) is 0 Å². The molecule has 2 aromatic rings. The average Bonchev–Trinajstić information content (AvgIpc) is 2.74. The van der Waals surface area contributed by atoms with Crippen LogP contribution < -0.4 is 14.8 Å². The SMILES string of the molecule is COc1cccc(NC(=O)[C@@H]2CCCN(S(=O)(=O)c3cc(F)ccc3OC)C2)c1. The van der Waals surface area contributed by atoms with Gasteiger partial charge in [0.05, 0.1) is 20.1 Å². The van der Waals surface area contributed by atoms with Crippen LogP contribution in [-0.4, -0.2) is 45.9 Å². The zero-order valence-electron chi connectivity index (χ0n) is 16.2. The second kappa shape index (κ2) is 8.79. The standard InChI is InChI=1S/C20H23FN2O5S/c1-27-17-7-3-6-16(12-17)22-20(24)14-5-4-10-23(13-14)29(25,26)19-11-15(21)8-9-18(19)28-2/h3,6-9,11-12,14H,4-5,10,13H2,1-2H3,(H,22,24)/t14-/m1/s1. The lowest BCUT2D eigenvalue weighted by Gasteiger charge is -2.31. The number of halogens is 1. The first-order valence-corrected chi connectivity index (χ1v) is 10.6. The van der Waals surface area contributed by atoms with Gasteiger partial charge in [-0.25, -0.2) is 12.8 Å². The number of methoxy groups -OCH3 is 2. The minimum atomic E-state index is -4.01. The second-order valence-corrected chi connectivity index (χ2v) is 8.62. The summed E-state index contributed by atoms with van der Waals surface area (Å²) in [5.41, 5.74) is 0.570. The quantitative estimate of drug-likeness (QED) is 0.774. The van der Waals surface area contributed by atoms with Crippen molar-refractivity contribution in [2.75, 3.05) is 32.6 Å². The number of benzene rings is 2. The van der Waals surface area contributed by atoms with Crippen LogP contribution in [0.5, 0.6) is 11.5 Å². The molecule has 1 amide bonds. The summed E-state index contributed by atoms with van der Waals surface area (Å²) in [7, 11) is -1.15. The number of sulfonamides is 1. The van der Waals surface area contributed by atoms with Gasteiger partial charge in [-0.15, -0.1) is 0 Å². The van der Waals surface area contributed by atoms with Gasteiger partial charge < -0.3 is 14.8 Å². The third-order valence-corrected chi connectivity index (χ3v) is 6.72. The first kappa shape index (κ1) is 21.1. The van der Waals surface area contributed by atoms with Gasteiger partial charge in [-0.3, -0.25) is 4.79 Å². The molecule has 9 heteroatoms. The maximum absolute atomic E-state index is 13.7. The molecule has 3 rings (SSSR count). The number of hydrogen-bond acceptors (Lipinski definition) is 5. The van der Waals surface area contributed by atoms with Crippen molar-refractivity contribution in [2.24, 2.45) is 5.92 Å². The Hall–Kier alpha value is -2.65. The fraction of sp³-hybridized carbons (Fsp3) is 0.350. The van der Waals surface area contributed by atoms with E-state index < -0.39 is 21.8 Å². The number of ether oxygens (including phenoxy) is 2. The number of nitrogens with zero attached hydrogens (tertiary/aromatic N) is 1. The topological polar surface area (TPSA) is 84.9 Å². The van der Waals surface area contributed by atoms with E-state index in [4.69, 9.17) is 9.47 Å². The van der Waals surface area contributed by atoms with Crippen LogP contribution in [0, 0.1) is 11.7 Å². The van der Waals surface area contributed by atoms with Gasteiger partial charge in [0, 0.05) is 24.8 Å². The fourth-order valence-corrected chi connectivity index (χ4v) is 5.00. The Labute approximate surface area is 169 Å². The molecule has 1 saturated heterocycles. The van der Waals surface area contributed by atoms with Gasteiger partial charge in [0.15, 0.2) is 0 Å². The minimum Gasteiger partial charge on any atom is -0.497 e. The maximum atomic E-state index is 13.7. The van der Waals surface area contributed by atoms with Crippen LogP contribution in [0.2, 0.25) is 0 Å². The molecule has 1 fully saturated rings. The number of nitrogens with one attached hydrogen (secondary N) is 1. The lowest BCUT2D eigenvalue weighted by Crippen LogP contribution is -2.43. The highest BCUT2D eigenvalue weighted by molar-refractivity contribution is 7.89. The lowest BCUT2D eigenvalue weighted by atomic mass is 9.98. The molecular formula is C20H23FN2O5S. The third kappa shape index (κ3) is 4.68. The molecule has 0 unspecified atom stereocenters. The number of anilines is 1. The fourth-order valence-electron chi connectivity index (χ4n) is 3.31. The predicted molar refractivity (Wildman–Crippen MR) is 106 cm³/mol. The van der Waals surface area contributed by atoms with Crippen LogP contribution in [0.1, 0.15) is 12.8 Å². The van der Waals surface area contributed by atoms with Gasteiger partial charge in [0.2, 0.25) is 15.9 Å². The number of carbonyl (C=O) groups is 1. The molecule has 0 saturated carbocycles. The van der Waals surface area contributed by atoms with Crippen molar-refractivity contribution in [3.63, 3.8) is 0 Å². The summed E-state index contributed by atoms with van der Waals surface area (Å²) in [6.45, 7) is 0.267. The summed E-state index contributed by atoms with van der Waals surface area (Å²) in [5, 5.41) is 2.80. The van der Waals surface area contributed by atoms with Crippen LogP contribution in [0.25, 0.3) is 0 Å². The summed E-state index contributed by atoms with van der Waals surface area (Å²) < 4.78 is 51.2. The monoisotopic (exact) mass is 422 g/mol. The van der Waals surface area contributed by atoms with Crippen LogP contribution in [-0.2, 0) is 14.8 Å². The van der Waals surface area contributed by atoms with Gasteiger partial charge in [-0.05, 0) is 43.2 Å². The molecule has 0 aromatic heterocycles. The van der Waals surface area contributed by atoms with E-state index in [0.29, 0.717) is 24.3 Å². The number of piperidine rings is 1. The Morgan fingerprint density at radius 1 is 1.17 bits per heavy atom. The maximum Gasteiger partial charge on any atom is 0.246 e. The van der Waals surface area contributed by atoms with Crippen LogP contribution in [0.3, 0.4) is 0 Å². The Kier molecular flexibility index (Phi) is 6.39. The van der Waals surface area contributed by atoms with E-state index in [1.165, 1.54) is 24.6 Å². The average molecular weight is 422 g/mol. The van der Waals surface area contributed by atoms with Crippen molar-refractivity contribution in [2.45, 2.75) is 17.7 Å². The Bertz CT molecular complexity index is 996. The van der Waals surface area contributed by atoms with Gasteiger partial charge in [-0.2, -0.15) is 4.31 Å². The molecule has 7 nitrogen and oxygen atoms in total. The van der Waals surface area contributed by atoms with Crippen molar-refractivity contribution in [1.82, 2.24) is 4.31 Å². The molecule has 0 spiro atoms. The normalized spacial score (nSPS) is 17.6. The van der Waals surface area contributed by atoms with Crippen LogP contribution >= 0.6 is 0 Å². The molecule has 0 bridgehead atoms. The number of amides is 1. The molecule has 156 valence electrons. The van der Waals surface area contributed by atoms with Crippen molar-refractivity contribution >= 4 is 21.6 Å². The molecule has 0 radical (unpaired) electrons. The van der Waals surface area contributed by atoms with E-state index in [1.54, 1.807) is 24.3 Å². The summed E-state index contributed by atoms with van der Waals surface area (Å²) in [6, 6.07) is 10.3. The predicted octanol–water partition coefficient (Wildman–Crippen LogP) is 2.88. The Morgan fingerprint density at radius 2 is 1.97 bits per heavy atom. The first-order chi connectivity index (χ1) is 13.8. The highest BCUT2D eigenvalue weighted by Crippen LogP contribution is 2.31. The molecule has 0 aliphatic carbocycles. The highest BCUT2D eigenvalue weighted by atomic mass is 32.2. The summed E-state index contributed by atoms with van der Waals surface area (Å²) in [4.78, 5) is 12.5. The zero-order valence-corrected chi connectivity index (χ0v) is 17.0. The molecule has 1 heterocycles. The van der Waals surface area contributed by atoms with Crippen molar-refractivity contribution in [1.29, 1.82) is 0 Å². The Morgan fingerprint density at radius 3 is 2.69 bits per heavy atom. The number of hydrogen-bond donors (Lipinski definition) is 1. The largest absolute Gasteiger partial charge is 0.497 e. The van der Waals surface area contributed by atoms with Crippen LogP contribution in [0.15, 0.2) is 47.4 Å². The molecule has 1 aliphatic heterocycles. The lowest BCUT2D eigenvalue weighted by molar-refractivity contribution is -0.120. The molecule has 1 aliphatic rings. The zero-order chi connectivity index (χ0) is 21.0. The molecule has 29 heavy (non-hydrogen) atoms. The Balaban J connectivity index is 1.77. The number of carbonyl (C=O) groups excluding carboxylic acids is 1. The van der Waals surface area contributed by atoms with Crippen molar-refractivity contribution in [3.05, 3.63) is 48.3 Å². The third-order valence-electron chi connectivity index (χ3n) is 4.84. The van der Waals surface area contributed by atoms with Gasteiger partial charge in [-0.1, -0.05) is 6.07 Å². The van der Waals surface area contributed by atoms with E-state index in [9.17, 15) is 17.6 Å². The molecule has 2 aromatic carbocycles. The van der Waals surface area contributed by atoms with E-state index in [1.807, 2.05) is 0 Å². The van der Waals surface area contributed by atoms with Crippen molar-refractivity contribution in [3.8, 4) is 11.5 Å². The van der Waals surface area contributed by atoms with Gasteiger partial charge in [0.1, 0.15) is 22.2 Å². The van der Waals surface area contributed by atoms with E-state index in [2.05, 4.69) is 5.32 Å². The molecule has 1 N–H and O–H groups in total.